The molecule has 1 unspecified atom stereocenters. The molecule has 1 atom stereocenters. The number of aromatic nitrogens is 2. The van der Waals surface area contributed by atoms with Gasteiger partial charge in [0, 0.05) is 30.3 Å². The predicted octanol–water partition coefficient (Wildman–Crippen LogP) is 1.87. The first-order valence-electron chi connectivity index (χ1n) is 7.16. The smallest absolute Gasteiger partial charge is 0.224 e. The van der Waals surface area contributed by atoms with Crippen molar-refractivity contribution in [1.82, 2.24) is 9.97 Å². The van der Waals surface area contributed by atoms with Crippen LogP contribution in [0.4, 0.5) is 5.69 Å². The summed E-state index contributed by atoms with van der Waals surface area (Å²) in [5.41, 5.74) is 1.96. The van der Waals surface area contributed by atoms with Gasteiger partial charge in [0.2, 0.25) is 5.91 Å². The van der Waals surface area contributed by atoms with Gasteiger partial charge in [0.25, 0.3) is 0 Å². The molecule has 22 heavy (non-hydrogen) atoms. The Morgan fingerprint density at radius 3 is 3.05 bits per heavy atom. The minimum atomic E-state index is -1.11. The SMILES string of the molecule is O=C1CCc2cc(OCCCS(=O)c3ncc[nH]3)ccc2N1. The summed E-state index contributed by atoms with van der Waals surface area (Å²) in [5.74, 6) is 1.34. The van der Waals surface area contributed by atoms with Crippen molar-refractivity contribution in [3.63, 3.8) is 0 Å². The largest absolute Gasteiger partial charge is 0.494 e. The number of anilines is 1. The summed E-state index contributed by atoms with van der Waals surface area (Å²) in [6, 6.07) is 5.66. The Morgan fingerprint density at radius 2 is 2.23 bits per heavy atom. The van der Waals surface area contributed by atoms with Gasteiger partial charge in [-0.3, -0.25) is 9.00 Å². The number of nitrogens with one attached hydrogen (secondary N) is 2. The summed E-state index contributed by atoms with van der Waals surface area (Å²) in [7, 11) is -1.11. The zero-order chi connectivity index (χ0) is 15.4. The molecule has 116 valence electrons. The Bertz CT molecular complexity index is 685. The maximum absolute atomic E-state index is 11.9. The molecule has 2 N–H and O–H groups in total. The van der Waals surface area contributed by atoms with Crippen LogP contribution in [0.25, 0.3) is 0 Å². The van der Waals surface area contributed by atoms with Crippen molar-refractivity contribution >= 4 is 22.4 Å². The van der Waals surface area contributed by atoms with Gasteiger partial charge in [-0.2, -0.15) is 0 Å². The van der Waals surface area contributed by atoms with Gasteiger partial charge < -0.3 is 15.0 Å². The first kappa shape index (κ1) is 14.8. The van der Waals surface area contributed by atoms with Crippen LogP contribution in [-0.2, 0) is 22.0 Å². The molecule has 0 fully saturated rings. The topological polar surface area (TPSA) is 84.1 Å². The van der Waals surface area contributed by atoms with E-state index in [4.69, 9.17) is 4.74 Å². The van der Waals surface area contributed by atoms with Gasteiger partial charge in [-0.1, -0.05) is 0 Å². The molecule has 0 saturated carbocycles. The van der Waals surface area contributed by atoms with Crippen molar-refractivity contribution in [1.29, 1.82) is 0 Å². The maximum atomic E-state index is 11.9. The molecule has 1 amide bonds. The zero-order valence-electron chi connectivity index (χ0n) is 12.0. The van der Waals surface area contributed by atoms with Crippen molar-refractivity contribution in [2.24, 2.45) is 0 Å². The van der Waals surface area contributed by atoms with E-state index in [1.165, 1.54) is 0 Å². The van der Waals surface area contributed by atoms with Gasteiger partial charge in [-0.25, -0.2) is 4.98 Å². The van der Waals surface area contributed by atoms with E-state index >= 15 is 0 Å². The molecule has 0 aliphatic carbocycles. The Kier molecular flexibility index (Phi) is 4.53. The maximum Gasteiger partial charge on any atom is 0.224 e. The highest BCUT2D eigenvalue weighted by molar-refractivity contribution is 7.84. The molecule has 2 heterocycles. The Morgan fingerprint density at radius 1 is 1.32 bits per heavy atom. The number of rotatable bonds is 6. The van der Waals surface area contributed by atoms with Crippen LogP contribution in [0.2, 0.25) is 0 Å². The molecule has 0 bridgehead atoms. The fourth-order valence-corrected chi connectivity index (χ4v) is 3.25. The van der Waals surface area contributed by atoms with Crippen LogP contribution < -0.4 is 10.1 Å². The number of benzene rings is 1. The Balaban J connectivity index is 1.48. The summed E-state index contributed by atoms with van der Waals surface area (Å²) < 4.78 is 17.5. The van der Waals surface area contributed by atoms with Crippen LogP contribution in [0.15, 0.2) is 35.7 Å². The lowest BCUT2D eigenvalue weighted by molar-refractivity contribution is -0.116. The number of nitrogens with zero attached hydrogens (tertiary/aromatic N) is 1. The fourth-order valence-electron chi connectivity index (χ4n) is 2.30. The lowest BCUT2D eigenvalue weighted by Crippen LogP contribution is -2.18. The molecular formula is C15H17N3O3S. The highest BCUT2D eigenvalue weighted by Gasteiger charge is 2.15. The quantitative estimate of drug-likeness (QED) is 0.796. The molecule has 1 aromatic heterocycles. The van der Waals surface area contributed by atoms with E-state index in [0.29, 0.717) is 30.4 Å². The number of aromatic amines is 1. The molecule has 3 rings (SSSR count). The van der Waals surface area contributed by atoms with E-state index in [0.717, 1.165) is 23.4 Å². The normalized spacial score (nSPS) is 15.0. The average molecular weight is 319 g/mol. The van der Waals surface area contributed by atoms with E-state index in [1.807, 2.05) is 18.2 Å². The van der Waals surface area contributed by atoms with Gasteiger partial charge in [-0.05, 0) is 36.6 Å². The summed E-state index contributed by atoms with van der Waals surface area (Å²) in [4.78, 5) is 18.1. The number of ether oxygens (including phenoxy) is 1. The van der Waals surface area contributed by atoms with Crippen LogP contribution in [0, 0.1) is 0 Å². The number of H-pyrrole nitrogens is 1. The first-order chi connectivity index (χ1) is 10.7. The number of hydrogen-bond donors (Lipinski definition) is 2. The van der Waals surface area contributed by atoms with Crippen molar-refractivity contribution in [2.75, 3.05) is 17.7 Å². The van der Waals surface area contributed by atoms with E-state index in [2.05, 4.69) is 15.3 Å². The summed E-state index contributed by atoms with van der Waals surface area (Å²) in [6.07, 6.45) is 5.19. The lowest BCUT2D eigenvalue weighted by atomic mass is 10.0. The second-order valence-corrected chi connectivity index (χ2v) is 6.50. The van der Waals surface area contributed by atoms with E-state index in [1.54, 1.807) is 12.4 Å². The Labute approximate surface area is 130 Å². The van der Waals surface area contributed by atoms with Crippen LogP contribution in [0.1, 0.15) is 18.4 Å². The van der Waals surface area contributed by atoms with Gasteiger partial charge in [-0.15, -0.1) is 0 Å². The minimum absolute atomic E-state index is 0.0570. The highest BCUT2D eigenvalue weighted by atomic mass is 32.2. The second kappa shape index (κ2) is 6.74. The third-order valence-electron chi connectivity index (χ3n) is 3.40. The molecule has 6 nitrogen and oxygen atoms in total. The third-order valence-corrected chi connectivity index (χ3v) is 4.72. The fraction of sp³-hybridized carbons (Fsp3) is 0.333. The van der Waals surface area contributed by atoms with Gasteiger partial charge >= 0.3 is 0 Å². The van der Waals surface area contributed by atoms with E-state index < -0.39 is 10.8 Å². The number of amides is 1. The number of aryl methyl sites for hydroxylation is 1. The minimum Gasteiger partial charge on any atom is -0.494 e. The van der Waals surface area contributed by atoms with Crippen molar-refractivity contribution in [2.45, 2.75) is 24.4 Å². The molecule has 1 aliphatic heterocycles. The molecule has 0 spiro atoms. The number of fused-ring (bicyclic) bond motifs is 1. The molecule has 1 aromatic carbocycles. The van der Waals surface area contributed by atoms with Crippen LogP contribution in [0.5, 0.6) is 5.75 Å². The summed E-state index contributed by atoms with van der Waals surface area (Å²) in [6.45, 7) is 0.498. The summed E-state index contributed by atoms with van der Waals surface area (Å²) in [5, 5.41) is 3.34. The van der Waals surface area contributed by atoms with E-state index in [-0.39, 0.29) is 5.91 Å². The standard InChI is InChI=1S/C15H17N3O3S/c19-14-5-2-11-10-12(3-4-13(11)18-14)21-8-1-9-22(20)15-16-6-7-17-15/h3-4,6-7,10H,1-2,5,8-9H2,(H,16,17)(H,18,19). The second-order valence-electron chi connectivity index (χ2n) is 5.01. The zero-order valence-corrected chi connectivity index (χ0v) is 12.8. The number of carbonyl (C=O) groups excluding carboxylic acids is 1. The number of hydrogen-bond acceptors (Lipinski definition) is 4. The third kappa shape index (κ3) is 3.54. The van der Waals surface area contributed by atoms with Crippen LogP contribution in [-0.4, -0.2) is 32.4 Å². The molecule has 0 radical (unpaired) electrons. The molecular weight excluding hydrogens is 302 g/mol. The Hall–Kier alpha value is -2.15. The van der Waals surface area contributed by atoms with Gasteiger partial charge in [0.15, 0.2) is 5.16 Å². The molecule has 1 aliphatic rings. The van der Waals surface area contributed by atoms with Gasteiger partial charge in [0.05, 0.1) is 17.4 Å². The molecule has 2 aromatic rings. The monoisotopic (exact) mass is 319 g/mol. The predicted molar refractivity (Wildman–Crippen MR) is 83.4 cm³/mol. The van der Waals surface area contributed by atoms with Crippen molar-refractivity contribution in [3.8, 4) is 5.75 Å². The van der Waals surface area contributed by atoms with Gasteiger partial charge in [0.1, 0.15) is 5.75 Å². The average Bonchev–Trinajstić information content (AvgIpc) is 3.06. The van der Waals surface area contributed by atoms with Crippen molar-refractivity contribution in [3.05, 3.63) is 36.2 Å². The van der Waals surface area contributed by atoms with Crippen LogP contribution in [0.3, 0.4) is 0 Å². The first-order valence-corrected chi connectivity index (χ1v) is 8.47. The molecule has 7 heteroatoms. The number of carbonyl (C=O) groups is 1. The lowest BCUT2D eigenvalue weighted by Gasteiger charge is -2.17. The summed E-state index contributed by atoms with van der Waals surface area (Å²) >= 11 is 0. The van der Waals surface area contributed by atoms with Crippen molar-refractivity contribution < 1.29 is 13.7 Å². The van der Waals surface area contributed by atoms with E-state index in [9.17, 15) is 9.00 Å². The highest BCUT2D eigenvalue weighted by Crippen LogP contribution is 2.26. The van der Waals surface area contributed by atoms with Crippen LogP contribution >= 0.6 is 0 Å². The molecule has 0 saturated heterocycles. The number of imidazole rings is 1.